The summed E-state index contributed by atoms with van der Waals surface area (Å²) in [7, 11) is 0. The van der Waals surface area contributed by atoms with Crippen molar-refractivity contribution < 1.29 is 0 Å². The van der Waals surface area contributed by atoms with Crippen molar-refractivity contribution in [2.75, 3.05) is 0 Å². The van der Waals surface area contributed by atoms with Crippen LogP contribution in [0.5, 0.6) is 0 Å². The molecule has 1 aliphatic rings. The van der Waals surface area contributed by atoms with Crippen LogP contribution in [-0.2, 0) is 6.42 Å². The Morgan fingerprint density at radius 2 is 1.57 bits per heavy atom. The first-order valence-electron chi connectivity index (χ1n) is 9.14. The van der Waals surface area contributed by atoms with Crippen molar-refractivity contribution in [3.63, 3.8) is 0 Å². The predicted molar refractivity (Wildman–Crippen MR) is 89.5 cm³/mol. The molecule has 0 N–H and O–H groups in total. The van der Waals surface area contributed by atoms with Crippen molar-refractivity contribution in [3.05, 3.63) is 23.8 Å². The monoisotopic (exact) mass is 288 g/mol. The summed E-state index contributed by atoms with van der Waals surface area (Å²) in [5.41, 5.74) is 1.37. The quantitative estimate of drug-likeness (QED) is 0.576. The van der Waals surface area contributed by atoms with E-state index in [0.29, 0.717) is 5.92 Å². The molecule has 1 heterocycles. The molecule has 21 heavy (non-hydrogen) atoms. The zero-order valence-electron chi connectivity index (χ0n) is 14.0. The van der Waals surface area contributed by atoms with Crippen molar-refractivity contribution in [3.8, 4) is 0 Å². The molecule has 0 spiro atoms. The molecule has 2 rings (SSSR count). The SMILES string of the molecule is CCCCCCCC1CCC(c2cnc(CC)nc2)CC1. The molecule has 0 bridgehead atoms. The maximum absolute atomic E-state index is 4.46. The maximum atomic E-state index is 4.46. The molecule has 1 aromatic heterocycles. The minimum absolute atomic E-state index is 0.715. The smallest absolute Gasteiger partial charge is 0.127 e. The van der Waals surface area contributed by atoms with E-state index < -0.39 is 0 Å². The second-order valence-electron chi connectivity index (χ2n) is 6.71. The van der Waals surface area contributed by atoms with Crippen LogP contribution in [0.15, 0.2) is 12.4 Å². The maximum Gasteiger partial charge on any atom is 0.127 e. The van der Waals surface area contributed by atoms with Crippen LogP contribution in [0.3, 0.4) is 0 Å². The van der Waals surface area contributed by atoms with E-state index in [1.165, 1.54) is 69.8 Å². The lowest BCUT2D eigenvalue weighted by molar-refractivity contribution is 0.301. The van der Waals surface area contributed by atoms with Crippen molar-refractivity contribution in [1.82, 2.24) is 9.97 Å². The van der Waals surface area contributed by atoms with Gasteiger partial charge in [-0.05, 0) is 43.1 Å². The van der Waals surface area contributed by atoms with Gasteiger partial charge >= 0.3 is 0 Å². The zero-order valence-corrected chi connectivity index (χ0v) is 14.0. The average Bonchev–Trinajstić information content (AvgIpc) is 2.55. The van der Waals surface area contributed by atoms with Gasteiger partial charge in [-0.3, -0.25) is 0 Å². The Balaban J connectivity index is 1.67. The highest BCUT2D eigenvalue weighted by Crippen LogP contribution is 2.37. The molecule has 0 unspecified atom stereocenters. The van der Waals surface area contributed by atoms with Gasteiger partial charge in [0, 0.05) is 18.8 Å². The molecule has 2 nitrogen and oxygen atoms in total. The highest BCUT2D eigenvalue weighted by Gasteiger charge is 2.22. The Kier molecular flexibility index (Phi) is 7.18. The second-order valence-corrected chi connectivity index (χ2v) is 6.71. The van der Waals surface area contributed by atoms with Crippen LogP contribution in [0.1, 0.15) is 95.4 Å². The van der Waals surface area contributed by atoms with Crippen LogP contribution >= 0.6 is 0 Å². The Morgan fingerprint density at radius 1 is 0.905 bits per heavy atom. The van der Waals surface area contributed by atoms with E-state index in [0.717, 1.165) is 18.2 Å². The van der Waals surface area contributed by atoms with Crippen molar-refractivity contribution in [2.24, 2.45) is 5.92 Å². The van der Waals surface area contributed by atoms with Gasteiger partial charge in [0.05, 0.1) is 0 Å². The standard InChI is InChI=1S/C19H32N2/c1-3-5-6-7-8-9-16-10-12-17(13-11-16)18-14-20-19(4-2)21-15-18/h14-17H,3-13H2,1-2H3. The van der Waals surface area contributed by atoms with Gasteiger partial charge in [0.1, 0.15) is 5.82 Å². The molecule has 118 valence electrons. The van der Waals surface area contributed by atoms with Gasteiger partial charge in [0.2, 0.25) is 0 Å². The van der Waals surface area contributed by atoms with Gasteiger partial charge in [-0.2, -0.15) is 0 Å². The van der Waals surface area contributed by atoms with Gasteiger partial charge in [0.25, 0.3) is 0 Å². The first-order valence-corrected chi connectivity index (χ1v) is 9.14. The predicted octanol–water partition coefficient (Wildman–Crippen LogP) is 5.67. The zero-order chi connectivity index (χ0) is 14.9. The minimum atomic E-state index is 0.715. The van der Waals surface area contributed by atoms with E-state index >= 15 is 0 Å². The van der Waals surface area contributed by atoms with Gasteiger partial charge < -0.3 is 0 Å². The molecule has 2 heteroatoms. The Labute approximate surface area is 130 Å². The minimum Gasteiger partial charge on any atom is -0.241 e. The average molecular weight is 288 g/mol. The van der Waals surface area contributed by atoms with Gasteiger partial charge in [-0.1, -0.05) is 52.4 Å². The Morgan fingerprint density at radius 3 is 2.19 bits per heavy atom. The van der Waals surface area contributed by atoms with Gasteiger partial charge in [-0.15, -0.1) is 0 Å². The third-order valence-corrected chi connectivity index (χ3v) is 5.08. The second kappa shape index (κ2) is 9.17. The normalized spacial score (nSPS) is 22.4. The number of unbranched alkanes of at least 4 members (excludes halogenated alkanes) is 4. The lowest BCUT2D eigenvalue weighted by Gasteiger charge is -2.28. The fraction of sp³-hybridized carbons (Fsp3) is 0.789. The molecular weight excluding hydrogens is 256 g/mol. The molecule has 1 saturated carbocycles. The highest BCUT2D eigenvalue weighted by atomic mass is 14.9. The largest absolute Gasteiger partial charge is 0.241 e. The van der Waals surface area contributed by atoms with E-state index in [1.54, 1.807) is 0 Å². The number of rotatable bonds is 8. The van der Waals surface area contributed by atoms with Crippen molar-refractivity contribution in [2.45, 2.75) is 90.4 Å². The summed E-state index contributed by atoms with van der Waals surface area (Å²) < 4.78 is 0. The van der Waals surface area contributed by atoms with Crippen LogP contribution in [0.4, 0.5) is 0 Å². The molecule has 0 amide bonds. The van der Waals surface area contributed by atoms with Crippen LogP contribution in [0.2, 0.25) is 0 Å². The number of aryl methyl sites for hydroxylation is 1. The summed E-state index contributed by atoms with van der Waals surface area (Å²) in [5, 5.41) is 0. The summed E-state index contributed by atoms with van der Waals surface area (Å²) in [6.07, 6.45) is 19.1. The Hall–Kier alpha value is -0.920. The summed E-state index contributed by atoms with van der Waals surface area (Å²) >= 11 is 0. The third-order valence-electron chi connectivity index (χ3n) is 5.08. The van der Waals surface area contributed by atoms with Crippen LogP contribution in [0, 0.1) is 5.92 Å². The third kappa shape index (κ3) is 5.41. The highest BCUT2D eigenvalue weighted by molar-refractivity contribution is 5.12. The number of nitrogens with zero attached hydrogens (tertiary/aromatic N) is 2. The van der Waals surface area contributed by atoms with E-state index in [2.05, 4.69) is 36.2 Å². The van der Waals surface area contributed by atoms with E-state index in [9.17, 15) is 0 Å². The molecule has 1 aliphatic carbocycles. The molecule has 0 atom stereocenters. The molecule has 1 fully saturated rings. The summed E-state index contributed by atoms with van der Waals surface area (Å²) in [6.45, 7) is 4.40. The van der Waals surface area contributed by atoms with Gasteiger partial charge in [-0.25, -0.2) is 9.97 Å². The topological polar surface area (TPSA) is 25.8 Å². The molecular formula is C19H32N2. The summed E-state index contributed by atoms with van der Waals surface area (Å²) in [5.74, 6) is 2.67. The fourth-order valence-corrected chi connectivity index (χ4v) is 3.58. The molecule has 1 aromatic rings. The number of aromatic nitrogens is 2. The number of hydrogen-bond donors (Lipinski definition) is 0. The molecule has 0 saturated heterocycles. The van der Waals surface area contributed by atoms with Crippen LogP contribution < -0.4 is 0 Å². The molecule has 0 aliphatic heterocycles. The van der Waals surface area contributed by atoms with Gasteiger partial charge in [0.15, 0.2) is 0 Å². The summed E-state index contributed by atoms with van der Waals surface area (Å²) in [6, 6.07) is 0. The van der Waals surface area contributed by atoms with Crippen LogP contribution in [-0.4, -0.2) is 9.97 Å². The Bertz CT molecular complexity index is 377. The van der Waals surface area contributed by atoms with Crippen molar-refractivity contribution >= 4 is 0 Å². The van der Waals surface area contributed by atoms with E-state index in [-0.39, 0.29) is 0 Å². The first-order chi connectivity index (χ1) is 10.3. The number of hydrogen-bond acceptors (Lipinski definition) is 2. The van der Waals surface area contributed by atoms with Crippen LogP contribution in [0.25, 0.3) is 0 Å². The van der Waals surface area contributed by atoms with Crippen molar-refractivity contribution in [1.29, 1.82) is 0 Å². The summed E-state index contributed by atoms with van der Waals surface area (Å²) in [4.78, 5) is 8.92. The lowest BCUT2D eigenvalue weighted by atomic mass is 9.77. The first kappa shape index (κ1) is 16.5. The lowest BCUT2D eigenvalue weighted by Crippen LogP contribution is -2.14. The molecule has 0 aromatic carbocycles. The van der Waals surface area contributed by atoms with E-state index in [1.807, 2.05) is 0 Å². The fourth-order valence-electron chi connectivity index (χ4n) is 3.58. The van der Waals surface area contributed by atoms with E-state index in [4.69, 9.17) is 0 Å². The molecule has 0 radical (unpaired) electrons.